The van der Waals surface area contributed by atoms with E-state index < -0.39 is 6.10 Å². The van der Waals surface area contributed by atoms with Crippen molar-refractivity contribution in [1.29, 1.82) is 0 Å². The quantitative estimate of drug-likeness (QED) is 0.0199. The number of hydrogen-bond donors (Lipinski definition) is 0. The smallest absolute Gasteiger partial charge is 0.306 e. The molecule has 0 radical (unpaired) electrons. The predicted octanol–water partition coefficient (Wildman–Crippen LogP) is 17.6. The number of hydrogen-bond acceptors (Lipinski definition) is 6. The van der Waals surface area contributed by atoms with E-state index in [0.29, 0.717) is 19.3 Å². The number of esters is 3. The molecule has 0 heterocycles. The van der Waals surface area contributed by atoms with Crippen molar-refractivity contribution in [2.24, 2.45) is 0 Å². The average molecular weight is 923 g/mol. The van der Waals surface area contributed by atoms with Gasteiger partial charge in [0.05, 0.1) is 0 Å². The molecule has 0 spiro atoms. The van der Waals surface area contributed by atoms with Gasteiger partial charge >= 0.3 is 17.9 Å². The third kappa shape index (κ3) is 52.1. The van der Waals surface area contributed by atoms with E-state index in [1.54, 1.807) is 0 Å². The highest BCUT2D eigenvalue weighted by Gasteiger charge is 2.19. The largest absolute Gasteiger partial charge is 0.462 e. The van der Waals surface area contributed by atoms with E-state index in [4.69, 9.17) is 14.2 Å². The summed E-state index contributed by atoms with van der Waals surface area (Å²) < 4.78 is 16.7. The number of carbonyl (C=O) groups is 3. The van der Waals surface area contributed by atoms with Gasteiger partial charge in [0.25, 0.3) is 0 Å². The molecule has 0 saturated carbocycles. The second-order valence-electron chi connectivity index (χ2n) is 16.8. The van der Waals surface area contributed by atoms with Gasteiger partial charge in [0.15, 0.2) is 6.10 Å². The third-order valence-electron chi connectivity index (χ3n) is 10.4. The van der Waals surface area contributed by atoms with Crippen LogP contribution >= 0.6 is 0 Å². The Bertz CT molecular complexity index is 1530. The molecule has 1 unspecified atom stereocenters. The van der Waals surface area contributed by atoms with Crippen molar-refractivity contribution in [1.82, 2.24) is 0 Å². The summed E-state index contributed by atoms with van der Waals surface area (Å²) in [5.74, 6) is -1.05. The maximum atomic E-state index is 12.8. The average Bonchev–Trinajstić information content (AvgIpc) is 3.33. The summed E-state index contributed by atoms with van der Waals surface area (Å²) in [5.41, 5.74) is 0. The highest BCUT2D eigenvalue weighted by Crippen LogP contribution is 2.12. The van der Waals surface area contributed by atoms with Crippen molar-refractivity contribution in [2.45, 2.75) is 207 Å². The van der Waals surface area contributed by atoms with Crippen LogP contribution in [0.3, 0.4) is 0 Å². The number of carbonyl (C=O) groups excluding carboxylic acids is 3. The first-order chi connectivity index (χ1) is 33.0. The van der Waals surface area contributed by atoms with E-state index in [-0.39, 0.29) is 37.5 Å². The molecule has 0 rings (SSSR count). The van der Waals surface area contributed by atoms with Gasteiger partial charge in [0.1, 0.15) is 13.2 Å². The summed E-state index contributed by atoms with van der Waals surface area (Å²) >= 11 is 0. The lowest BCUT2D eigenvalue weighted by Crippen LogP contribution is -2.30. The minimum absolute atomic E-state index is 0.127. The predicted molar refractivity (Wildman–Crippen MR) is 288 cm³/mol. The van der Waals surface area contributed by atoms with Crippen molar-refractivity contribution in [3.8, 4) is 0 Å². The Morgan fingerprint density at radius 3 is 1.15 bits per heavy atom. The van der Waals surface area contributed by atoms with Gasteiger partial charge in [0.2, 0.25) is 0 Å². The fourth-order valence-corrected chi connectivity index (χ4v) is 6.49. The lowest BCUT2D eigenvalue weighted by atomic mass is 10.1. The van der Waals surface area contributed by atoms with E-state index in [1.165, 1.54) is 38.5 Å². The first kappa shape index (κ1) is 62.3. The molecule has 0 N–H and O–H groups in total. The molecule has 374 valence electrons. The maximum Gasteiger partial charge on any atom is 0.306 e. The second kappa shape index (κ2) is 53.9. The van der Waals surface area contributed by atoms with Crippen LogP contribution in [0.4, 0.5) is 0 Å². The van der Waals surface area contributed by atoms with E-state index in [2.05, 4.69) is 130 Å². The Morgan fingerprint density at radius 1 is 0.328 bits per heavy atom. The zero-order chi connectivity index (χ0) is 48.6. The minimum atomic E-state index is -0.835. The van der Waals surface area contributed by atoms with Gasteiger partial charge in [-0.3, -0.25) is 14.4 Å². The summed E-state index contributed by atoms with van der Waals surface area (Å²) in [5, 5.41) is 0. The van der Waals surface area contributed by atoms with Crippen LogP contribution in [0.15, 0.2) is 146 Å². The molecule has 0 amide bonds. The van der Waals surface area contributed by atoms with E-state index in [9.17, 15) is 14.4 Å². The van der Waals surface area contributed by atoms with Gasteiger partial charge in [-0.15, -0.1) is 0 Å². The summed E-state index contributed by atoms with van der Waals surface area (Å²) in [6.45, 7) is 6.24. The van der Waals surface area contributed by atoms with Crippen LogP contribution in [-0.2, 0) is 28.6 Å². The standard InChI is InChI=1S/C61H94O6/c1-4-7-10-13-16-19-22-25-27-29-30-32-33-36-39-42-45-48-51-54-60(63)66-57-58(56-65-59(62)53-50-47-44-41-38-35-24-21-18-15-12-9-6-3)67-61(64)55-52-49-46-43-40-37-34-31-28-26-23-20-17-14-11-8-5-2/h7,9-10,12,15-21,24-28,30,32,34-35,37-38,43,46,58H,4-6,8,11,13-14,22-23,29,31,33,36,39-42,44-45,47-57H2,1-3H3/b10-7+,12-9+,18-15+,19-16+,20-17+,24-21+,27-25+,28-26+,32-30+,37-34+,38-35+,46-43+. The van der Waals surface area contributed by atoms with E-state index in [1.807, 2.05) is 36.5 Å². The Labute approximate surface area is 410 Å². The highest BCUT2D eigenvalue weighted by molar-refractivity contribution is 5.71. The van der Waals surface area contributed by atoms with Crippen LogP contribution in [-0.4, -0.2) is 37.2 Å². The molecular weight excluding hydrogens is 829 g/mol. The molecule has 0 aromatic rings. The Morgan fingerprint density at radius 2 is 0.672 bits per heavy atom. The van der Waals surface area contributed by atoms with Crippen molar-refractivity contribution >= 4 is 17.9 Å². The SMILES string of the molecule is CC/C=C/C=C/C=C/C=C/CCCCCC(=O)OCC(COC(=O)CCCCCCCC/C=C/C/C=C/C/C=C/C/C=C/CC)OC(=O)CCC/C=C/C/C=C/C/C=C/C/C=C/CCCCC. The first-order valence-electron chi connectivity index (χ1n) is 26.4. The molecule has 0 fully saturated rings. The number of unbranched alkanes of at least 4 members (excludes halogenated alkanes) is 13. The molecule has 0 aliphatic rings. The van der Waals surface area contributed by atoms with Crippen LogP contribution in [0, 0.1) is 0 Å². The van der Waals surface area contributed by atoms with E-state index in [0.717, 1.165) is 116 Å². The topological polar surface area (TPSA) is 78.9 Å². The summed E-state index contributed by atoms with van der Waals surface area (Å²) in [7, 11) is 0. The monoisotopic (exact) mass is 923 g/mol. The molecule has 67 heavy (non-hydrogen) atoms. The Kier molecular flexibility index (Phi) is 50.1. The highest BCUT2D eigenvalue weighted by atomic mass is 16.6. The summed E-state index contributed by atoms with van der Waals surface area (Å²) in [4.78, 5) is 38.0. The second-order valence-corrected chi connectivity index (χ2v) is 16.8. The summed E-state index contributed by atoms with van der Waals surface area (Å²) in [6, 6.07) is 0. The molecule has 6 nitrogen and oxygen atoms in total. The first-order valence-corrected chi connectivity index (χ1v) is 26.4. The Balaban J connectivity index is 4.57. The van der Waals surface area contributed by atoms with Gasteiger partial charge in [-0.2, -0.15) is 0 Å². The number of rotatable bonds is 45. The molecule has 6 heteroatoms. The molecule has 0 bridgehead atoms. The maximum absolute atomic E-state index is 12.8. The van der Waals surface area contributed by atoms with Crippen molar-refractivity contribution in [3.05, 3.63) is 146 Å². The fraction of sp³-hybridized carbons (Fsp3) is 0.557. The van der Waals surface area contributed by atoms with Crippen LogP contribution in [0.5, 0.6) is 0 Å². The molecule has 0 aromatic carbocycles. The van der Waals surface area contributed by atoms with Gasteiger partial charge in [-0.25, -0.2) is 0 Å². The molecule has 0 aliphatic carbocycles. The molecule has 0 aliphatic heterocycles. The third-order valence-corrected chi connectivity index (χ3v) is 10.4. The van der Waals surface area contributed by atoms with Gasteiger partial charge in [-0.05, 0) is 116 Å². The zero-order valence-electron chi connectivity index (χ0n) is 42.6. The molecule has 1 atom stereocenters. The summed E-state index contributed by atoms with van der Waals surface area (Å²) in [6.07, 6.45) is 76.9. The van der Waals surface area contributed by atoms with Crippen LogP contribution in [0.1, 0.15) is 201 Å². The van der Waals surface area contributed by atoms with Gasteiger partial charge in [-0.1, -0.05) is 212 Å². The van der Waals surface area contributed by atoms with Crippen LogP contribution in [0.25, 0.3) is 0 Å². The van der Waals surface area contributed by atoms with Gasteiger partial charge < -0.3 is 14.2 Å². The number of ether oxygens (including phenoxy) is 3. The zero-order valence-corrected chi connectivity index (χ0v) is 42.6. The van der Waals surface area contributed by atoms with Crippen molar-refractivity contribution < 1.29 is 28.6 Å². The van der Waals surface area contributed by atoms with Crippen LogP contribution < -0.4 is 0 Å². The molecule has 0 aromatic heterocycles. The number of allylic oxidation sites excluding steroid dienone is 24. The normalized spacial score (nSPS) is 13.3. The lowest BCUT2D eigenvalue weighted by molar-refractivity contribution is -0.167. The molecule has 0 saturated heterocycles. The van der Waals surface area contributed by atoms with E-state index >= 15 is 0 Å². The van der Waals surface area contributed by atoms with Gasteiger partial charge in [0, 0.05) is 19.3 Å². The molecular formula is C61H94O6. The van der Waals surface area contributed by atoms with Crippen molar-refractivity contribution in [3.63, 3.8) is 0 Å². The van der Waals surface area contributed by atoms with Crippen molar-refractivity contribution in [2.75, 3.05) is 13.2 Å². The lowest BCUT2D eigenvalue weighted by Gasteiger charge is -2.18. The minimum Gasteiger partial charge on any atom is -0.462 e. The Hall–Kier alpha value is -4.71. The van der Waals surface area contributed by atoms with Crippen LogP contribution in [0.2, 0.25) is 0 Å². The fourth-order valence-electron chi connectivity index (χ4n) is 6.49.